The summed E-state index contributed by atoms with van der Waals surface area (Å²) in [6.45, 7) is 14.4. The summed E-state index contributed by atoms with van der Waals surface area (Å²) in [6.07, 6.45) is 3.89. The van der Waals surface area contributed by atoms with E-state index in [-0.39, 0.29) is 30.4 Å². The smallest absolute Gasteiger partial charge is 0.319 e. The molecule has 9 nitrogen and oxygen atoms in total. The van der Waals surface area contributed by atoms with Gasteiger partial charge < -0.3 is 19.8 Å². The number of hydroxylamine groups is 2. The fraction of sp³-hybridized carbons (Fsp3) is 0.727. The molecule has 6 rings (SSSR count). The molecule has 2 heterocycles. The summed E-state index contributed by atoms with van der Waals surface area (Å²) in [5.41, 5.74) is 2.52. The first-order valence-corrected chi connectivity index (χ1v) is 15.8. The van der Waals surface area contributed by atoms with E-state index in [1.54, 1.807) is 24.1 Å². The van der Waals surface area contributed by atoms with Crippen molar-refractivity contribution in [1.82, 2.24) is 14.9 Å². The van der Waals surface area contributed by atoms with E-state index in [0.717, 1.165) is 30.8 Å². The summed E-state index contributed by atoms with van der Waals surface area (Å²) < 4.78 is 0. The highest BCUT2D eigenvalue weighted by atomic mass is 16.7. The Morgan fingerprint density at radius 1 is 1.17 bits per heavy atom. The largest absolute Gasteiger partial charge is 0.394 e. The van der Waals surface area contributed by atoms with Crippen LogP contribution in [0.4, 0.5) is 10.5 Å². The van der Waals surface area contributed by atoms with Crippen LogP contribution in [-0.2, 0) is 16.2 Å². The Labute approximate surface area is 251 Å². The predicted octanol–water partition coefficient (Wildman–Crippen LogP) is 4.15. The molecule has 5 aliphatic rings. The molecule has 42 heavy (non-hydrogen) atoms. The second kappa shape index (κ2) is 12.2. The van der Waals surface area contributed by atoms with Gasteiger partial charge in [-0.15, -0.1) is 0 Å². The van der Waals surface area contributed by atoms with Gasteiger partial charge in [0.25, 0.3) is 5.91 Å². The summed E-state index contributed by atoms with van der Waals surface area (Å²) >= 11 is 0. The van der Waals surface area contributed by atoms with Crippen molar-refractivity contribution in [1.29, 1.82) is 0 Å². The fourth-order valence-electron chi connectivity index (χ4n) is 8.18. The van der Waals surface area contributed by atoms with Crippen LogP contribution in [0.3, 0.4) is 0 Å². The molecule has 3 amide bonds. The molecule has 1 aromatic carbocycles. The van der Waals surface area contributed by atoms with E-state index in [2.05, 4.69) is 62.7 Å². The molecule has 7 atom stereocenters. The molecular formula is C33H51N5O4. The van der Waals surface area contributed by atoms with Gasteiger partial charge in [-0.3, -0.25) is 9.63 Å². The van der Waals surface area contributed by atoms with E-state index >= 15 is 0 Å². The molecule has 9 heteroatoms. The van der Waals surface area contributed by atoms with E-state index in [4.69, 9.17) is 4.84 Å². The normalized spacial score (nSPS) is 32.8. The molecule has 2 bridgehead atoms. The minimum atomic E-state index is -0.549. The minimum Gasteiger partial charge on any atom is -0.394 e. The number of aliphatic hydroxyl groups excluding tert-OH is 1. The molecule has 2 aliphatic heterocycles. The van der Waals surface area contributed by atoms with Crippen molar-refractivity contribution in [2.75, 3.05) is 51.8 Å². The first-order chi connectivity index (χ1) is 19.9. The fourth-order valence-corrected chi connectivity index (χ4v) is 8.18. The molecule has 232 valence electrons. The number of rotatable bonds is 7. The number of hydrogen-bond donors (Lipinski definition) is 1. The summed E-state index contributed by atoms with van der Waals surface area (Å²) in [5.74, 6) is 2.08. The highest BCUT2D eigenvalue weighted by Crippen LogP contribution is 2.62. The number of carbonyl (C=O) groups is 2. The molecule has 3 aliphatic carbocycles. The van der Waals surface area contributed by atoms with Crippen LogP contribution < -0.4 is 4.90 Å². The van der Waals surface area contributed by atoms with E-state index in [1.807, 2.05) is 17.2 Å². The number of anilines is 1. The third-order valence-corrected chi connectivity index (χ3v) is 10.9. The van der Waals surface area contributed by atoms with Gasteiger partial charge in [0, 0.05) is 58.1 Å². The number of piperazine rings is 1. The molecule has 1 unspecified atom stereocenters. The quantitative estimate of drug-likeness (QED) is 0.487. The van der Waals surface area contributed by atoms with Crippen LogP contribution >= 0.6 is 0 Å². The predicted molar refractivity (Wildman–Crippen MR) is 165 cm³/mol. The molecule has 0 radical (unpaired) electrons. The zero-order valence-corrected chi connectivity index (χ0v) is 26.6. The van der Waals surface area contributed by atoms with Crippen LogP contribution in [0.25, 0.3) is 0 Å². The van der Waals surface area contributed by atoms with Gasteiger partial charge in [0.05, 0.1) is 13.2 Å². The Morgan fingerprint density at radius 3 is 2.48 bits per heavy atom. The van der Waals surface area contributed by atoms with Crippen molar-refractivity contribution in [2.24, 2.45) is 45.9 Å². The first-order valence-electron chi connectivity index (χ1n) is 15.8. The number of aliphatic hydroxyl groups is 1. The lowest BCUT2D eigenvalue weighted by Crippen LogP contribution is -2.55. The summed E-state index contributed by atoms with van der Waals surface area (Å²) in [7, 11) is 3.57. The van der Waals surface area contributed by atoms with Crippen LogP contribution in [-0.4, -0.2) is 97.1 Å². The summed E-state index contributed by atoms with van der Waals surface area (Å²) in [5, 5.41) is 12.0. The first kappa shape index (κ1) is 31.0. The van der Waals surface area contributed by atoms with Crippen molar-refractivity contribution < 1.29 is 19.5 Å². The van der Waals surface area contributed by atoms with Crippen molar-refractivity contribution in [3.05, 3.63) is 29.8 Å². The number of amides is 3. The number of benzene rings is 1. The van der Waals surface area contributed by atoms with Gasteiger partial charge in [0.1, 0.15) is 12.1 Å². The SMILES string of the molecule is CC(C)[C@@H]1[C@H](CO)ON(Cc2cccc(N3CCN(C(=O)N(C)C)CC3)c2)[C@@H]1C(=O)N=CC1C[C@H]2C[C@@H]([C@@H]1C)C2(C)C. The van der Waals surface area contributed by atoms with Gasteiger partial charge in [-0.05, 0) is 65.5 Å². The van der Waals surface area contributed by atoms with Crippen LogP contribution in [0.2, 0.25) is 0 Å². The zero-order valence-electron chi connectivity index (χ0n) is 26.6. The number of urea groups is 1. The Kier molecular flexibility index (Phi) is 9.03. The topological polar surface area (TPSA) is 88.9 Å². The van der Waals surface area contributed by atoms with Crippen LogP contribution in [0.15, 0.2) is 29.3 Å². The average Bonchev–Trinajstić information content (AvgIpc) is 3.34. The van der Waals surface area contributed by atoms with Gasteiger partial charge in [0.2, 0.25) is 0 Å². The summed E-state index contributed by atoms with van der Waals surface area (Å²) in [6, 6.07) is 7.82. The van der Waals surface area contributed by atoms with Crippen molar-refractivity contribution in [3.8, 4) is 0 Å². The molecule has 2 saturated heterocycles. The lowest BCUT2D eigenvalue weighted by atomic mass is 9.43. The van der Waals surface area contributed by atoms with E-state index < -0.39 is 12.1 Å². The lowest BCUT2D eigenvalue weighted by molar-refractivity contribution is -0.180. The molecule has 1 aromatic rings. The summed E-state index contributed by atoms with van der Waals surface area (Å²) in [4.78, 5) is 42.8. The second-order valence-corrected chi connectivity index (χ2v) is 14.2. The van der Waals surface area contributed by atoms with Gasteiger partial charge in [0.15, 0.2) is 0 Å². The molecule has 0 spiro atoms. The number of carbonyl (C=O) groups excluding carboxylic acids is 2. The Hall–Kier alpha value is -2.49. The molecule has 5 fully saturated rings. The second-order valence-electron chi connectivity index (χ2n) is 14.2. The van der Waals surface area contributed by atoms with Gasteiger partial charge in [-0.2, -0.15) is 5.06 Å². The maximum Gasteiger partial charge on any atom is 0.319 e. The number of aliphatic imine (C=N–C) groups is 1. The maximum absolute atomic E-state index is 13.8. The highest BCUT2D eigenvalue weighted by Gasteiger charge is 2.56. The van der Waals surface area contributed by atoms with E-state index in [1.165, 1.54) is 6.42 Å². The van der Waals surface area contributed by atoms with Crippen molar-refractivity contribution in [2.45, 2.75) is 66.2 Å². The number of hydrogen-bond acceptors (Lipinski definition) is 6. The van der Waals surface area contributed by atoms with Gasteiger partial charge in [-0.25, -0.2) is 9.79 Å². The lowest BCUT2D eigenvalue weighted by Gasteiger charge is -2.61. The van der Waals surface area contributed by atoms with Crippen molar-refractivity contribution in [3.63, 3.8) is 0 Å². The molecule has 1 N–H and O–H groups in total. The average molecular weight is 582 g/mol. The number of fused-ring (bicyclic) bond motifs is 2. The molecule has 3 saturated carbocycles. The Balaban J connectivity index is 1.29. The zero-order chi connectivity index (χ0) is 30.3. The van der Waals surface area contributed by atoms with Crippen LogP contribution in [0.5, 0.6) is 0 Å². The standard InChI is InChI=1S/C33H51N5O4/c1-21(2)29-28(20-39)42-38(30(29)31(40)34-18-24-16-25-17-27(22(24)3)33(25,4)5)19-23-9-8-10-26(15-23)36-11-13-37(14-12-36)32(41)35(6)7/h8-10,15,18,21-22,24-25,27-30,39H,11-14,16-17,19-20H2,1-7H3/t22-,24?,25+,27+,28+,29-,30+/m1/s1. The van der Waals surface area contributed by atoms with E-state index in [9.17, 15) is 14.7 Å². The highest BCUT2D eigenvalue weighted by molar-refractivity contribution is 5.90. The Bertz CT molecular complexity index is 1160. The minimum absolute atomic E-state index is 0.0460. The monoisotopic (exact) mass is 581 g/mol. The molecular weight excluding hydrogens is 530 g/mol. The van der Waals surface area contributed by atoms with Crippen LogP contribution in [0.1, 0.15) is 53.0 Å². The third-order valence-electron chi connectivity index (χ3n) is 10.9. The van der Waals surface area contributed by atoms with Gasteiger partial charge >= 0.3 is 6.03 Å². The maximum atomic E-state index is 13.8. The Morgan fingerprint density at radius 2 is 1.88 bits per heavy atom. The van der Waals surface area contributed by atoms with Crippen molar-refractivity contribution >= 4 is 23.8 Å². The van der Waals surface area contributed by atoms with E-state index in [0.29, 0.717) is 48.7 Å². The molecule has 0 aromatic heterocycles. The third kappa shape index (κ3) is 5.84. The van der Waals surface area contributed by atoms with Gasteiger partial charge in [-0.1, -0.05) is 46.8 Å². The number of nitrogens with zero attached hydrogens (tertiary/aromatic N) is 5. The van der Waals surface area contributed by atoms with Crippen LogP contribution in [0, 0.1) is 40.9 Å².